The summed E-state index contributed by atoms with van der Waals surface area (Å²) in [4.78, 5) is 0. The van der Waals surface area contributed by atoms with Crippen LogP contribution < -0.4 is 10.5 Å². The Morgan fingerprint density at radius 2 is 2.31 bits per heavy atom. The summed E-state index contributed by atoms with van der Waals surface area (Å²) in [7, 11) is 0. The van der Waals surface area contributed by atoms with Gasteiger partial charge in [-0.3, -0.25) is 0 Å². The number of benzene rings is 1. The second-order valence-corrected chi connectivity index (χ2v) is 3.69. The van der Waals surface area contributed by atoms with Crippen molar-refractivity contribution in [3.05, 3.63) is 29.3 Å². The van der Waals surface area contributed by atoms with Gasteiger partial charge in [0.05, 0.1) is 6.61 Å². The standard InChI is InChI=1S/C10H12ClNO/c11-10(12)8-3-4-9-7(6-8)2-1-5-13-9/h3-4,6,10H,1-2,5,12H2. The van der Waals surface area contributed by atoms with Crippen LogP contribution in [-0.4, -0.2) is 6.61 Å². The van der Waals surface area contributed by atoms with Gasteiger partial charge in [0.1, 0.15) is 11.3 Å². The van der Waals surface area contributed by atoms with E-state index in [4.69, 9.17) is 22.1 Å². The maximum absolute atomic E-state index is 5.78. The van der Waals surface area contributed by atoms with Crippen molar-refractivity contribution in [2.45, 2.75) is 18.3 Å². The summed E-state index contributed by atoms with van der Waals surface area (Å²) < 4.78 is 5.47. The number of hydrogen-bond acceptors (Lipinski definition) is 2. The largest absolute Gasteiger partial charge is 0.493 e. The lowest BCUT2D eigenvalue weighted by molar-refractivity contribution is 0.288. The molecule has 70 valence electrons. The Morgan fingerprint density at radius 1 is 1.46 bits per heavy atom. The molecule has 2 rings (SSSR count). The van der Waals surface area contributed by atoms with E-state index in [1.165, 1.54) is 5.56 Å². The summed E-state index contributed by atoms with van der Waals surface area (Å²) in [6.07, 6.45) is 2.14. The fraction of sp³-hybridized carbons (Fsp3) is 0.400. The molecule has 1 aromatic carbocycles. The molecule has 0 aliphatic carbocycles. The number of fused-ring (bicyclic) bond motifs is 1. The first kappa shape index (κ1) is 8.85. The smallest absolute Gasteiger partial charge is 0.122 e. The van der Waals surface area contributed by atoms with Gasteiger partial charge in [0.25, 0.3) is 0 Å². The Hall–Kier alpha value is -0.730. The van der Waals surface area contributed by atoms with Crippen LogP contribution in [0.1, 0.15) is 23.0 Å². The van der Waals surface area contributed by atoms with E-state index in [0.717, 1.165) is 30.8 Å². The van der Waals surface area contributed by atoms with Crippen LogP contribution in [0.4, 0.5) is 0 Å². The zero-order valence-electron chi connectivity index (χ0n) is 7.29. The maximum atomic E-state index is 5.78. The van der Waals surface area contributed by atoms with Gasteiger partial charge in [0, 0.05) is 0 Å². The molecule has 2 N–H and O–H groups in total. The van der Waals surface area contributed by atoms with Crippen LogP contribution in [0.25, 0.3) is 0 Å². The van der Waals surface area contributed by atoms with E-state index in [0.29, 0.717) is 0 Å². The number of aryl methyl sites for hydroxylation is 1. The molecule has 0 saturated carbocycles. The van der Waals surface area contributed by atoms with Crippen LogP contribution in [0.15, 0.2) is 18.2 Å². The number of hydrogen-bond donors (Lipinski definition) is 1. The fourth-order valence-corrected chi connectivity index (χ4v) is 1.69. The highest BCUT2D eigenvalue weighted by atomic mass is 35.5. The molecular formula is C10H12ClNO. The van der Waals surface area contributed by atoms with Crippen molar-refractivity contribution >= 4 is 11.6 Å². The molecule has 13 heavy (non-hydrogen) atoms. The molecule has 0 spiro atoms. The van der Waals surface area contributed by atoms with Crippen LogP contribution in [0.2, 0.25) is 0 Å². The average Bonchev–Trinajstić information content (AvgIpc) is 2.17. The summed E-state index contributed by atoms with van der Waals surface area (Å²) in [6.45, 7) is 0.819. The van der Waals surface area contributed by atoms with E-state index >= 15 is 0 Å². The third kappa shape index (κ3) is 1.79. The summed E-state index contributed by atoms with van der Waals surface area (Å²) >= 11 is 5.78. The van der Waals surface area contributed by atoms with Gasteiger partial charge in [-0.15, -0.1) is 11.6 Å². The number of nitrogens with two attached hydrogens (primary N) is 1. The van der Waals surface area contributed by atoms with Crippen LogP contribution >= 0.6 is 11.6 Å². The summed E-state index contributed by atoms with van der Waals surface area (Å²) in [5, 5.41) is 0. The lowest BCUT2D eigenvalue weighted by Crippen LogP contribution is -2.10. The fourth-order valence-electron chi connectivity index (χ4n) is 1.55. The van der Waals surface area contributed by atoms with Gasteiger partial charge >= 0.3 is 0 Å². The Morgan fingerprint density at radius 3 is 3.08 bits per heavy atom. The topological polar surface area (TPSA) is 35.2 Å². The average molecular weight is 198 g/mol. The molecule has 0 radical (unpaired) electrons. The van der Waals surface area contributed by atoms with Gasteiger partial charge in [0.15, 0.2) is 0 Å². The van der Waals surface area contributed by atoms with Crippen molar-refractivity contribution in [2.24, 2.45) is 5.73 Å². The molecule has 0 aromatic heterocycles. The van der Waals surface area contributed by atoms with Crippen molar-refractivity contribution in [3.8, 4) is 5.75 Å². The van der Waals surface area contributed by atoms with Crippen molar-refractivity contribution in [2.75, 3.05) is 6.61 Å². The van der Waals surface area contributed by atoms with Crippen LogP contribution in [0, 0.1) is 0 Å². The molecule has 2 nitrogen and oxygen atoms in total. The summed E-state index contributed by atoms with van der Waals surface area (Å²) in [5.74, 6) is 0.979. The molecule has 1 aliphatic rings. The van der Waals surface area contributed by atoms with E-state index < -0.39 is 5.50 Å². The molecule has 1 unspecified atom stereocenters. The number of rotatable bonds is 1. The molecule has 1 aliphatic heterocycles. The highest BCUT2D eigenvalue weighted by Crippen LogP contribution is 2.27. The highest BCUT2D eigenvalue weighted by molar-refractivity contribution is 6.20. The first-order valence-corrected chi connectivity index (χ1v) is 4.86. The predicted molar refractivity (Wildman–Crippen MR) is 53.0 cm³/mol. The maximum Gasteiger partial charge on any atom is 0.122 e. The molecular weight excluding hydrogens is 186 g/mol. The van der Waals surface area contributed by atoms with Crippen molar-refractivity contribution in [1.82, 2.24) is 0 Å². The van der Waals surface area contributed by atoms with E-state index in [1.807, 2.05) is 18.2 Å². The molecule has 0 saturated heterocycles. The molecule has 0 bridgehead atoms. The first-order chi connectivity index (χ1) is 6.27. The molecule has 3 heteroatoms. The Kier molecular flexibility index (Phi) is 2.42. The van der Waals surface area contributed by atoms with Crippen LogP contribution in [-0.2, 0) is 6.42 Å². The lowest BCUT2D eigenvalue weighted by Gasteiger charge is -2.18. The zero-order valence-corrected chi connectivity index (χ0v) is 8.05. The normalized spacial score (nSPS) is 17.4. The van der Waals surface area contributed by atoms with Gasteiger partial charge < -0.3 is 10.5 Å². The van der Waals surface area contributed by atoms with Gasteiger partial charge in [-0.05, 0) is 36.1 Å². The molecule has 1 heterocycles. The summed E-state index contributed by atoms with van der Waals surface area (Å²) in [5.41, 5.74) is 7.35. The minimum Gasteiger partial charge on any atom is -0.493 e. The van der Waals surface area contributed by atoms with E-state index in [2.05, 4.69) is 0 Å². The second-order valence-electron chi connectivity index (χ2n) is 3.22. The number of ether oxygens (including phenoxy) is 1. The van der Waals surface area contributed by atoms with Gasteiger partial charge in [-0.2, -0.15) is 0 Å². The van der Waals surface area contributed by atoms with Crippen molar-refractivity contribution in [3.63, 3.8) is 0 Å². The Balaban J connectivity index is 2.35. The first-order valence-electron chi connectivity index (χ1n) is 4.42. The van der Waals surface area contributed by atoms with Crippen molar-refractivity contribution < 1.29 is 4.74 Å². The monoisotopic (exact) mass is 197 g/mol. The number of halogens is 1. The molecule has 0 amide bonds. The third-order valence-electron chi connectivity index (χ3n) is 2.25. The van der Waals surface area contributed by atoms with Crippen LogP contribution in [0.5, 0.6) is 5.75 Å². The van der Waals surface area contributed by atoms with Gasteiger partial charge in [-0.25, -0.2) is 0 Å². The summed E-state index contributed by atoms with van der Waals surface area (Å²) in [6, 6.07) is 5.90. The minimum absolute atomic E-state index is 0.410. The Bertz CT molecular complexity index is 312. The number of alkyl halides is 1. The lowest BCUT2D eigenvalue weighted by atomic mass is 10.0. The van der Waals surface area contributed by atoms with Gasteiger partial charge in [0.2, 0.25) is 0 Å². The minimum atomic E-state index is -0.410. The molecule has 1 aromatic rings. The highest BCUT2D eigenvalue weighted by Gasteiger charge is 2.11. The zero-order chi connectivity index (χ0) is 9.26. The third-order valence-corrected chi connectivity index (χ3v) is 2.50. The molecule has 0 fully saturated rings. The quantitative estimate of drug-likeness (QED) is 0.554. The second kappa shape index (κ2) is 3.56. The Labute approximate surface area is 82.6 Å². The SMILES string of the molecule is NC(Cl)c1ccc2c(c1)CCCO2. The van der Waals surface area contributed by atoms with Crippen molar-refractivity contribution in [1.29, 1.82) is 0 Å². The van der Waals surface area contributed by atoms with Crippen LogP contribution in [0.3, 0.4) is 0 Å². The van der Waals surface area contributed by atoms with E-state index in [-0.39, 0.29) is 0 Å². The van der Waals surface area contributed by atoms with E-state index in [1.54, 1.807) is 0 Å². The van der Waals surface area contributed by atoms with E-state index in [9.17, 15) is 0 Å². The van der Waals surface area contributed by atoms with Gasteiger partial charge in [-0.1, -0.05) is 6.07 Å². The molecule has 1 atom stereocenters. The predicted octanol–water partition coefficient (Wildman–Crippen LogP) is 2.21.